The van der Waals surface area contributed by atoms with Crippen molar-refractivity contribution in [1.82, 2.24) is 14.7 Å². The fourth-order valence-electron chi connectivity index (χ4n) is 2.61. The number of halogens is 1. The molecule has 2 amide bonds. The first-order chi connectivity index (χ1) is 13.5. The Hall–Kier alpha value is -2.58. The topological polar surface area (TPSA) is 67.2 Å². The summed E-state index contributed by atoms with van der Waals surface area (Å²) in [5, 5.41) is 7.10. The first-order valence-corrected chi connectivity index (χ1v) is 10.5. The Balaban J connectivity index is 1.64. The summed E-state index contributed by atoms with van der Waals surface area (Å²) in [6.07, 6.45) is 5.11. The van der Waals surface area contributed by atoms with E-state index in [1.165, 1.54) is 11.1 Å². The number of hydrogen-bond donors (Lipinski definition) is 1. The quantitative estimate of drug-likeness (QED) is 0.565. The van der Waals surface area contributed by atoms with E-state index in [4.69, 9.17) is 0 Å². The van der Waals surface area contributed by atoms with Crippen LogP contribution in [-0.4, -0.2) is 46.3 Å². The minimum absolute atomic E-state index is 0.0506. The molecule has 1 aromatic heterocycles. The van der Waals surface area contributed by atoms with Crippen LogP contribution in [0.5, 0.6) is 0 Å². The van der Waals surface area contributed by atoms with Gasteiger partial charge in [-0.1, -0.05) is 28.1 Å². The Kier molecular flexibility index (Phi) is 6.53. The van der Waals surface area contributed by atoms with Crippen LogP contribution >= 0.6 is 27.7 Å². The molecule has 0 aliphatic rings. The molecule has 8 heteroatoms. The fraction of sp³-hybridized carbons (Fsp3) is 0.150. The molecule has 0 saturated carbocycles. The number of hydrogen-bond acceptors (Lipinski definition) is 4. The lowest BCUT2D eigenvalue weighted by Crippen LogP contribution is -2.34. The number of thioether (sulfide) groups is 1. The van der Waals surface area contributed by atoms with Crippen LogP contribution in [0.4, 0.5) is 5.69 Å². The van der Waals surface area contributed by atoms with E-state index >= 15 is 0 Å². The van der Waals surface area contributed by atoms with Crippen molar-refractivity contribution < 1.29 is 9.59 Å². The van der Waals surface area contributed by atoms with Gasteiger partial charge in [0.05, 0.1) is 29.7 Å². The number of likely N-dealkylation sites (N-methyl/N-ethyl adjacent to an activating group) is 1. The maximum atomic E-state index is 12.6. The van der Waals surface area contributed by atoms with Gasteiger partial charge < -0.3 is 10.2 Å². The highest BCUT2D eigenvalue weighted by Gasteiger charge is 2.17. The average Bonchev–Trinajstić information content (AvgIpc) is 3.18. The monoisotopic (exact) mass is 458 g/mol. The van der Waals surface area contributed by atoms with Gasteiger partial charge in [0.25, 0.3) is 5.91 Å². The number of rotatable bonds is 6. The average molecular weight is 459 g/mol. The number of anilines is 1. The molecule has 3 aromatic rings. The smallest absolute Gasteiger partial charge is 0.257 e. The number of nitrogens with zero attached hydrogens (tertiary/aromatic N) is 3. The summed E-state index contributed by atoms with van der Waals surface area (Å²) in [7, 11) is 1.60. The summed E-state index contributed by atoms with van der Waals surface area (Å²) >= 11 is 4.94. The zero-order valence-electron chi connectivity index (χ0n) is 15.4. The third kappa shape index (κ3) is 4.82. The first-order valence-electron chi connectivity index (χ1n) is 8.47. The highest BCUT2D eigenvalue weighted by atomic mass is 79.9. The number of para-hydroxylation sites is 1. The van der Waals surface area contributed by atoms with E-state index in [0.717, 1.165) is 20.7 Å². The van der Waals surface area contributed by atoms with E-state index in [1.807, 2.05) is 54.8 Å². The van der Waals surface area contributed by atoms with Crippen LogP contribution in [-0.2, 0) is 4.79 Å². The first kappa shape index (κ1) is 20.2. The Morgan fingerprint density at radius 1 is 1.18 bits per heavy atom. The predicted octanol–water partition coefficient (Wildman–Crippen LogP) is 4.07. The summed E-state index contributed by atoms with van der Waals surface area (Å²) in [4.78, 5) is 27.3. The molecule has 0 aliphatic heterocycles. The van der Waals surface area contributed by atoms with Crippen LogP contribution in [0.25, 0.3) is 5.69 Å². The van der Waals surface area contributed by atoms with Gasteiger partial charge >= 0.3 is 0 Å². The van der Waals surface area contributed by atoms with Crippen molar-refractivity contribution in [3.63, 3.8) is 0 Å². The lowest BCUT2D eigenvalue weighted by molar-refractivity contribution is -0.116. The van der Waals surface area contributed by atoms with Gasteiger partial charge in [-0.05, 0) is 42.7 Å². The SMILES string of the molecule is CSc1ccccc1NC(=O)CN(C)C(=O)c1cnn(-c2ccc(Br)cc2)c1. The van der Waals surface area contributed by atoms with E-state index in [9.17, 15) is 9.59 Å². The number of carbonyl (C=O) groups is 2. The number of aromatic nitrogens is 2. The molecule has 0 bridgehead atoms. The molecule has 2 aromatic carbocycles. The molecule has 1 N–H and O–H groups in total. The minimum atomic E-state index is -0.267. The lowest BCUT2D eigenvalue weighted by atomic mass is 10.3. The number of carbonyl (C=O) groups excluding carboxylic acids is 2. The molecule has 3 rings (SSSR count). The van der Waals surface area contributed by atoms with Crippen LogP contribution in [0, 0.1) is 0 Å². The second-order valence-electron chi connectivity index (χ2n) is 6.06. The number of amides is 2. The van der Waals surface area contributed by atoms with Crippen molar-refractivity contribution in [2.45, 2.75) is 4.90 Å². The van der Waals surface area contributed by atoms with Gasteiger partial charge in [0.1, 0.15) is 0 Å². The van der Waals surface area contributed by atoms with Gasteiger partial charge in [0.15, 0.2) is 0 Å². The molecule has 0 atom stereocenters. The van der Waals surface area contributed by atoms with Crippen molar-refractivity contribution in [3.05, 3.63) is 71.0 Å². The molecule has 28 heavy (non-hydrogen) atoms. The summed E-state index contributed by atoms with van der Waals surface area (Å²) < 4.78 is 2.59. The minimum Gasteiger partial charge on any atom is -0.332 e. The van der Waals surface area contributed by atoms with Crippen LogP contribution < -0.4 is 5.32 Å². The Labute approximate surface area is 176 Å². The largest absolute Gasteiger partial charge is 0.332 e. The molecule has 0 unspecified atom stereocenters. The van der Waals surface area contributed by atoms with Crippen molar-refractivity contribution in [2.75, 3.05) is 25.2 Å². The van der Waals surface area contributed by atoms with Crippen LogP contribution in [0.1, 0.15) is 10.4 Å². The van der Waals surface area contributed by atoms with Gasteiger partial charge in [0, 0.05) is 22.6 Å². The van der Waals surface area contributed by atoms with Gasteiger partial charge in [-0.15, -0.1) is 11.8 Å². The zero-order chi connectivity index (χ0) is 20.1. The molecular weight excluding hydrogens is 440 g/mol. The third-order valence-electron chi connectivity index (χ3n) is 4.03. The van der Waals surface area contributed by atoms with Crippen molar-refractivity contribution >= 4 is 45.2 Å². The summed E-state index contributed by atoms with van der Waals surface area (Å²) in [6, 6.07) is 15.2. The second-order valence-corrected chi connectivity index (χ2v) is 7.82. The molecule has 0 fully saturated rings. The molecule has 0 aliphatic carbocycles. The molecule has 144 valence electrons. The van der Waals surface area contributed by atoms with Crippen LogP contribution in [0.2, 0.25) is 0 Å². The number of nitrogens with one attached hydrogen (secondary N) is 1. The summed E-state index contributed by atoms with van der Waals surface area (Å²) in [5.74, 6) is -0.519. The maximum absolute atomic E-state index is 12.6. The lowest BCUT2D eigenvalue weighted by Gasteiger charge is -2.16. The van der Waals surface area contributed by atoms with Crippen LogP contribution in [0.15, 0.2) is 70.3 Å². The van der Waals surface area contributed by atoms with Gasteiger partial charge in [0.2, 0.25) is 5.91 Å². The number of benzene rings is 2. The Bertz CT molecular complexity index is 988. The molecule has 0 radical (unpaired) electrons. The molecule has 0 saturated heterocycles. The Morgan fingerprint density at radius 3 is 2.61 bits per heavy atom. The second kappa shape index (κ2) is 9.07. The van der Waals surface area contributed by atoms with Gasteiger partial charge in [-0.2, -0.15) is 5.10 Å². The van der Waals surface area contributed by atoms with E-state index in [0.29, 0.717) is 5.56 Å². The summed E-state index contributed by atoms with van der Waals surface area (Å²) in [6.45, 7) is -0.0506. The fourth-order valence-corrected chi connectivity index (χ4v) is 3.43. The zero-order valence-corrected chi connectivity index (χ0v) is 17.8. The predicted molar refractivity (Wildman–Crippen MR) is 115 cm³/mol. The standard InChI is InChI=1S/C20H19BrN4O2S/c1-24(13-19(26)23-17-5-3-4-6-18(17)28-2)20(27)14-11-22-25(12-14)16-9-7-15(21)8-10-16/h3-12H,13H2,1-2H3,(H,23,26). The van der Waals surface area contributed by atoms with E-state index < -0.39 is 0 Å². The van der Waals surface area contributed by atoms with Crippen molar-refractivity contribution in [3.8, 4) is 5.69 Å². The molecular formula is C20H19BrN4O2S. The molecule has 6 nitrogen and oxygen atoms in total. The van der Waals surface area contributed by atoms with Crippen molar-refractivity contribution in [1.29, 1.82) is 0 Å². The molecule has 1 heterocycles. The maximum Gasteiger partial charge on any atom is 0.257 e. The summed E-state index contributed by atoms with van der Waals surface area (Å²) in [5.41, 5.74) is 2.00. The molecule has 0 spiro atoms. The van der Waals surface area contributed by atoms with Crippen LogP contribution in [0.3, 0.4) is 0 Å². The van der Waals surface area contributed by atoms with E-state index in [2.05, 4.69) is 26.3 Å². The Morgan fingerprint density at radius 2 is 1.89 bits per heavy atom. The van der Waals surface area contributed by atoms with Crippen molar-refractivity contribution in [2.24, 2.45) is 0 Å². The van der Waals surface area contributed by atoms with Gasteiger partial charge in [-0.25, -0.2) is 4.68 Å². The third-order valence-corrected chi connectivity index (χ3v) is 5.35. The van der Waals surface area contributed by atoms with E-state index in [1.54, 1.807) is 29.7 Å². The highest BCUT2D eigenvalue weighted by molar-refractivity contribution is 9.10. The van der Waals surface area contributed by atoms with Gasteiger partial charge in [-0.3, -0.25) is 9.59 Å². The normalized spacial score (nSPS) is 10.5. The van der Waals surface area contributed by atoms with E-state index in [-0.39, 0.29) is 18.4 Å². The highest BCUT2D eigenvalue weighted by Crippen LogP contribution is 2.24.